The molecular formula is C106H142N11+7. The second kappa shape index (κ2) is 28.3. The SMILES string of the molecule is C[CH+]C.Cc1c(C)c2[n+]3c(c1C)C(C)(C)[N+]1(C(C)(C)C)Cc4cccc([n+]4[C@@]31C1N(Cc3ccccc3)C3C=CC=CC3N1Cc1ccccc1)C[C@H](C(C)(C)C)C2(C)C.Cc1c(C)c2[n+]3c(c1C)C(C)(C)[N+]1(C(C)(C)C)Cc4cccc([n+]4[C@]31C1N(Cc3ccccc3)C3C=CC=CC3N1Cc1ccccc1)CN(C(C)(C)C)C2(C)C. The van der Waals surface area contributed by atoms with E-state index in [4.69, 9.17) is 0 Å². The molecule has 4 aromatic heterocycles. The standard InChI is InChI=1S/C52H68N5.C51H67N6.C3H7/c1-35-36(2)45-50(10,11)44(48(4,5)6)31-40-27-22-28-41-34-57(49(7,8)9)51(12,13)46(37(35)3)56(45)52(57,55(40)41)47-53(32-38-23-16-14-17-24-38)42-29-20-21-30-43(42)54(47)33-39-25-18-15-19-26-39;1-35-36(2)44-49(10,11)54(47(4,5)6)33-40-27-22-28-41-34-57(48(7,8)9)50(12,13)45(37(35)3)56(44)51(57,55(40)41)46-52(31-38-23-16-14-17-24-38)42-29-20-21-30-43(42)53(46)32-39-25-18-15-19-26-39;1-3-2/h14-30,42-44,47H,31-34H2,1-13H3;14-30,42-43,46H,31-34H2,1-13H3;3H,1-2H3/q2*+3;+1/t42?,43?,44-,47?,52+,57?;42?,43?,46?,51-,57?;/m11./s1. The number of hydrogen-bond acceptors (Lipinski definition) is 5. The molecule has 2 saturated heterocycles. The van der Waals surface area contributed by atoms with Gasteiger partial charge in [0.15, 0.2) is 29.9 Å². The highest BCUT2D eigenvalue weighted by Crippen LogP contribution is 2.65. The van der Waals surface area contributed by atoms with E-state index in [1.165, 1.54) is 101 Å². The molecule has 10 aliphatic rings. The zero-order chi connectivity index (χ0) is 84.0. The highest BCUT2D eigenvalue weighted by molar-refractivity contribution is 5.44. The molecular weight excluding hydrogens is 1430 g/mol. The van der Waals surface area contributed by atoms with Crippen LogP contribution in [0.4, 0.5) is 0 Å². The third-order valence-electron chi connectivity index (χ3n) is 31.3. The van der Waals surface area contributed by atoms with Crippen LogP contribution in [0.2, 0.25) is 0 Å². The number of nitrogens with zero attached hydrogens (tertiary/aromatic N) is 11. The highest BCUT2D eigenvalue weighted by atomic mass is 15.8. The van der Waals surface area contributed by atoms with Gasteiger partial charge in [-0.3, -0.25) is 24.5 Å². The Morgan fingerprint density at radius 1 is 0.368 bits per heavy atom. The van der Waals surface area contributed by atoms with Crippen molar-refractivity contribution in [3.63, 3.8) is 0 Å². The maximum absolute atomic E-state index is 3.07. The van der Waals surface area contributed by atoms with Crippen LogP contribution < -0.4 is 18.3 Å². The highest BCUT2D eigenvalue weighted by Gasteiger charge is 2.96. The third kappa shape index (κ3) is 11.4. The molecule has 11 heteroatoms. The minimum absolute atomic E-state index is 0.0142. The summed E-state index contributed by atoms with van der Waals surface area (Å²) < 4.78 is 13.8. The van der Waals surface area contributed by atoms with E-state index in [1.807, 2.05) is 20.3 Å². The largest absolute Gasteiger partial charge is 0.523 e. The van der Waals surface area contributed by atoms with Gasteiger partial charge in [0.25, 0.3) is 23.7 Å². The molecule has 0 spiro atoms. The molecule has 8 aromatic rings. The first-order valence-corrected chi connectivity index (χ1v) is 44.4. The topological polar surface area (TPSA) is 31.7 Å². The molecule has 117 heavy (non-hydrogen) atoms. The van der Waals surface area contributed by atoms with Crippen LogP contribution in [0.25, 0.3) is 0 Å². The fraction of sp³-hybridized carbons (Fsp3) is 0.500. The summed E-state index contributed by atoms with van der Waals surface area (Å²) in [5.41, 5.74) is 24.6. The van der Waals surface area contributed by atoms with Crippen molar-refractivity contribution in [1.82, 2.24) is 24.5 Å². The summed E-state index contributed by atoms with van der Waals surface area (Å²) in [5.74, 6) is -0.756. The van der Waals surface area contributed by atoms with Crippen molar-refractivity contribution in [2.75, 3.05) is 0 Å². The van der Waals surface area contributed by atoms with Crippen LogP contribution in [0, 0.1) is 59.3 Å². The summed E-state index contributed by atoms with van der Waals surface area (Å²) in [7, 11) is 0. The number of aromatic nitrogens is 4. The van der Waals surface area contributed by atoms with Crippen LogP contribution in [0.1, 0.15) is 254 Å². The van der Waals surface area contributed by atoms with E-state index in [2.05, 4.69) is 429 Å². The summed E-state index contributed by atoms with van der Waals surface area (Å²) in [4.78, 5) is 14.6. The van der Waals surface area contributed by atoms with E-state index < -0.39 is 11.6 Å². The van der Waals surface area contributed by atoms with Crippen molar-refractivity contribution < 1.29 is 27.2 Å². The van der Waals surface area contributed by atoms with Gasteiger partial charge in [-0.15, -0.1) is 0 Å². The summed E-state index contributed by atoms with van der Waals surface area (Å²) >= 11 is 0. The van der Waals surface area contributed by atoms with Gasteiger partial charge < -0.3 is 0 Å². The molecule has 2 fully saturated rings. The second-order valence-electron chi connectivity index (χ2n) is 42.9. The summed E-state index contributed by atoms with van der Waals surface area (Å²) in [6, 6.07) is 60.7. The van der Waals surface area contributed by atoms with Crippen molar-refractivity contribution in [2.45, 2.75) is 333 Å². The molecule has 18 rings (SSSR count). The number of quaternary nitrogens is 2. The molecule has 0 bridgehead atoms. The van der Waals surface area contributed by atoms with Crippen molar-refractivity contribution in [3.05, 3.63) is 314 Å². The van der Waals surface area contributed by atoms with Gasteiger partial charge in [-0.05, 0) is 188 Å². The normalized spacial score (nSPS) is 28.5. The molecule has 0 radical (unpaired) electrons. The lowest BCUT2D eigenvalue weighted by Gasteiger charge is -2.53. The molecule has 0 saturated carbocycles. The summed E-state index contributed by atoms with van der Waals surface area (Å²) in [6.07, 6.45) is 22.3. The molecule has 12 heterocycles. The number of benzene rings is 4. The number of fused-ring (bicyclic) bond motifs is 2. The smallest absolute Gasteiger partial charge is 0.274 e. The van der Waals surface area contributed by atoms with Crippen LogP contribution >= 0.6 is 0 Å². The van der Waals surface area contributed by atoms with E-state index in [1.54, 1.807) is 0 Å². The Hall–Kier alpha value is -7.97. The quantitative estimate of drug-likeness (QED) is 0.0774. The Morgan fingerprint density at radius 2 is 0.667 bits per heavy atom. The average molecular weight is 1570 g/mol. The molecule has 4 aromatic carbocycles. The molecule has 11 nitrogen and oxygen atoms in total. The zero-order valence-electron chi connectivity index (χ0n) is 76.8. The van der Waals surface area contributed by atoms with Crippen LogP contribution in [0.5, 0.6) is 0 Å². The third-order valence-corrected chi connectivity index (χ3v) is 31.3. The van der Waals surface area contributed by atoms with E-state index in [0.717, 1.165) is 61.2 Å². The van der Waals surface area contributed by atoms with Gasteiger partial charge in [0.05, 0.1) is 56.4 Å². The van der Waals surface area contributed by atoms with E-state index in [-0.39, 0.29) is 80.6 Å². The fourth-order valence-electron chi connectivity index (χ4n) is 27.4. The maximum atomic E-state index is 3.07. The first-order chi connectivity index (χ1) is 55.0. The number of pyridine rings is 4. The number of allylic oxidation sites excluding steroid dienone is 4. The van der Waals surface area contributed by atoms with Crippen LogP contribution in [-0.2, 0) is 85.8 Å². The maximum Gasteiger partial charge on any atom is 0.523 e. The number of hydrogen-bond donors (Lipinski definition) is 0. The first-order valence-electron chi connectivity index (χ1n) is 44.4. The summed E-state index contributed by atoms with van der Waals surface area (Å²) in [6.45, 7) is 75.7. The Morgan fingerprint density at radius 3 is 0.991 bits per heavy atom. The van der Waals surface area contributed by atoms with Crippen molar-refractivity contribution in [1.29, 1.82) is 0 Å². The van der Waals surface area contributed by atoms with Gasteiger partial charge in [0.1, 0.15) is 16.6 Å². The Balaban J connectivity index is 0.000000170. The van der Waals surface area contributed by atoms with Gasteiger partial charge in [-0.1, -0.05) is 209 Å². The fourth-order valence-corrected chi connectivity index (χ4v) is 27.4. The molecule has 9 atom stereocenters. The van der Waals surface area contributed by atoms with E-state index in [0.29, 0.717) is 5.92 Å². The predicted molar refractivity (Wildman–Crippen MR) is 476 cm³/mol. The van der Waals surface area contributed by atoms with Gasteiger partial charge in [-0.25, -0.2) is 0 Å². The molecule has 8 aliphatic heterocycles. The van der Waals surface area contributed by atoms with E-state index in [9.17, 15) is 0 Å². The molecule has 0 amide bonds. The Kier molecular flexibility index (Phi) is 20.0. The Labute approximate surface area is 705 Å². The van der Waals surface area contributed by atoms with Gasteiger partial charge in [0.2, 0.25) is 28.5 Å². The van der Waals surface area contributed by atoms with Crippen LogP contribution in [0.15, 0.2) is 206 Å². The minimum Gasteiger partial charge on any atom is -0.274 e. The van der Waals surface area contributed by atoms with Gasteiger partial charge in [-0.2, -0.15) is 8.97 Å². The monoisotopic (exact) mass is 1570 g/mol. The summed E-state index contributed by atoms with van der Waals surface area (Å²) in [5, 5.41) is 0. The van der Waals surface area contributed by atoms with E-state index >= 15 is 0 Å². The van der Waals surface area contributed by atoms with Crippen LogP contribution in [0.3, 0.4) is 0 Å². The first kappa shape index (κ1) is 82.7. The van der Waals surface area contributed by atoms with Crippen LogP contribution in [-0.4, -0.2) is 86.6 Å². The lowest BCUT2D eigenvalue weighted by molar-refractivity contribution is -1.24. The van der Waals surface area contributed by atoms with Gasteiger partial charge >= 0.3 is 11.6 Å². The predicted octanol–water partition coefficient (Wildman–Crippen LogP) is 19.4. The van der Waals surface area contributed by atoms with Crippen molar-refractivity contribution in [2.24, 2.45) is 11.3 Å². The minimum atomic E-state index is -0.592. The lowest BCUT2D eigenvalue weighted by Crippen LogP contribution is -2.92. The molecule has 614 valence electrons. The Bertz CT molecular complexity index is 4830. The zero-order valence-corrected chi connectivity index (χ0v) is 76.8. The lowest BCUT2D eigenvalue weighted by atomic mass is 9.61. The average Bonchev–Trinajstić information content (AvgIpc) is 1.45. The molecule has 0 N–H and O–H groups in total. The molecule has 2 aliphatic carbocycles. The molecule has 6 unspecified atom stereocenters. The number of rotatable bonds is 10. The second-order valence-corrected chi connectivity index (χ2v) is 42.9. The van der Waals surface area contributed by atoms with Crippen molar-refractivity contribution in [3.8, 4) is 0 Å². The van der Waals surface area contributed by atoms with Crippen molar-refractivity contribution >= 4 is 0 Å². The van der Waals surface area contributed by atoms with Gasteiger partial charge in [0, 0.05) is 112 Å².